The second-order valence-electron chi connectivity index (χ2n) is 5.69. The van der Waals surface area contributed by atoms with Gasteiger partial charge < -0.3 is 15.1 Å². The number of aliphatic imine (C=N–C) groups is 1. The summed E-state index contributed by atoms with van der Waals surface area (Å²) in [5.41, 5.74) is 2.24. The van der Waals surface area contributed by atoms with Crippen molar-refractivity contribution in [2.45, 2.75) is 13.5 Å². The Morgan fingerprint density at radius 3 is 2.46 bits per heavy atom. The number of aryl methyl sites for hydroxylation is 1. The molecule has 24 heavy (non-hydrogen) atoms. The minimum absolute atomic E-state index is 0.682. The standard InChI is InChI=1S/C17H23N7/c1-14-5-3-6-19-15(14)13-22-16(18-2)23-9-11-24(12-10-23)17-20-7-4-8-21-17/h3-8H,9-13H2,1-2H3,(H,18,22). The highest BCUT2D eigenvalue weighted by Gasteiger charge is 2.21. The molecular weight excluding hydrogens is 302 g/mol. The molecule has 0 saturated carbocycles. The van der Waals surface area contributed by atoms with Crippen LogP contribution in [0.1, 0.15) is 11.3 Å². The number of anilines is 1. The minimum atomic E-state index is 0.682. The van der Waals surface area contributed by atoms with Gasteiger partial charge in [0.15, 0.2) is 5.96 Å². The number of aromatic nitrogens is 3. The second-order valence-corrected chi connectivity index (χ2v) is 5.69. The van der Waals surface area contributed by atoms with E-state index in [-0.39, 0.29) is 0 Å². The van der Waals surface area contributed by atoms with E-state index in [1.54, 1.807) is 12.4 Å². The van der Waals surface area contributed by atoms with E-state index in [9.17, 15) is 0 Å². The summed E-state index contributed by atoms with van der Waals surface area (Å²) in [5, 5.41) is 3.41. The topological polar surface area (TPSA) is 69.5 Å². The summed E-state index contributed by atoms with van der Waals surface area (Å²) >= 11 is 0. The van der Waals surface area contributed by atoms with Gasteiger partial charge in [0, 0.05) is 51.8 Å². The molecule has 0 unspecified atom stereocenters. The fourth-order valence-corrected chi connectivity index (χ4v) is 2.77. The minimum Gasteiger partial charge on any atom is -0.351 e. The van der Waals surface area contributed by atoms with Gasteiger partial charge in [0.25, 0.3) is 0 Å². The molecule has 1 fully saturated rings. The van der Waals surface area contributed by atoms with Crippen LogP contribution < -0.4 is 10.2 Å². The van der Waals surface area contributed by atoms with Crippen LogP contribution in [0.5, 0.6) is 0 Å². The zero-order valence-electron chi connectivity index (χ0n) is 14.2. The smallest absolute Gasteiger partial charge is 0.225 e. The summed E-state index contributed by atoms with van der Waals surface area (Å²) in [5.74, 6) is 1.71. The first-order valence-corrected chi connectivity index (χ1v) is 8.16. The number of hydrogen-bond donors (Lipinski definition) is 1. The first kappa shape index (κ1) is 16.2. The molecule has 3 rings (SSSR count). The van der Waals surface area contributed by atoms with Crippen LogP contribution in [0.3, 0.4) is 0 Å². The molecule has 2 aromatic rings. The molecule has 0 amide bonds. The number of guanidine groups is 1. The molecule has 1 saturated heterocycles. The lowest BCUT2D eigenvalue weighted by Gasteiger charge is -2.36. The van der Waals surface area contributed by atoms with Gasteiger partial charge in [-0.25, -0.2) is 9.97 Å². The summed E-state index contributed by atoms with van der Waals surface area (Å²) in [6.45, 7) is 6.30. The van der Waals surface area contributed by atoms with Crippen LogP contribution in [0.4, 0.5) is 5.95 Å². The van der Waals surface area contributed by atoms with Gasteiger partial charge in [-0.1, -0.05) is 6.07 Å². The van der Waals surface area contributed by atoms with Crippen LogP contribution in [0, 0.1) is 6.92 Å². The van der Waals surface area contributed by atoms with Crippen molar-refractivity contribution < 1.29 is 0 Å². The van der Waals surface area contributed by atoms with Gasteiger partial charge in [0.2, 0.25) is 5.95 Å². The van der Waals surface area contributed by atoms with Gasteiger partial charge in [-0.2, -0.15) is 0 Å². The maximum atomic E-state index is 4.42. The SMILES string of the molecule is CN=C(NCc1ncccc1C)N1CCN(c2ncccn2)CC1. The average Bonchev–Trinajstić information content (AvgIpc) is 2.65. The maximum absolute atomic E-state index is 4.42. The van der Waals surface area contributed by atoms with Crippen LogP contribution in [0.15, 0.2) is 41.8 Å². The fraction of sp³-hybridized carbons (Fsp3) is 0.412. The van der Waals surface area contributed by atoms with Crippen LogP contribution in [0.25, 0.3) is 0 Å². The van der Waals surface area contributed by atoms with Crippen molar-refractivity contribution in [3.05, 3.63) is 48.0 Å². The predicted molar refractivity (Wildman–Crippen MR) is 95.0 cm³/mol. The van der Waals surface area contributed by atoms with Gasteiger partial charge in [0.05, 0.1) is 12.2 Å². The zero-order chi connectivity index (χ0) is 16.8. The number of hydrogen-bond acceptors (Lipinski definition) is 5. The number of nitrogens with zero attached hydrogens (tertiary/aromatic N) is 6. The van der Waals surface area contributed by atoms with E-state index in [4.69, 9.17) is 0 Å². The molecule has 3 heterocycles. The van der Waals surface area contributed by atoms with E-state index in [1.165, 1.54) is 5.56 Å². The van der Waals surface area contributed by atoms with Gasteiger partial charge in [-0.05, 0) is 24.6 Å². The average molecular weight is 325 g/mol. The number of piperazine rings is 1. The van der Waals surface area contributed by atoms with Crippen LogP contribution in [-0.4, -0.2) is 59.0 Å². The molecule has 0 aromatic carbocycles. The largest absolute Gasteiger partial charge is 0.351 e. The Hall–Kier alpha value is -2.70. The van der Waals surface area contributed by atoms with Crippen LogP contribution in [0.2, 0.25) is 0 Å². The Morgan fingerprint density at radius 1 is 1.08 bits per heavy atom. The van der Waals surface area contributed by atoms with Crippen molar-refractivity contribution in [3.63, 3.8) is 0 Å². The molecule has 0 aliphatic carbocycles. The number of nitrogens with one attached hydrogen (secondary N) is 1. The highest BCUT2D eigenvalue weighted by Crippen LogP contribution is 2.10. The molecule has 1 aliphatic rings. The Morgan fingerprint density at radius 2 is 1.79 bits per heavy atom. The summed E-state index contributed by atoms with van der Waals surface area (Å²) in [6, 6.07) is 5.87. The Bertz CT molecular complexity index is 678. The molecule has 7 nitrogen and oxygen atoms in total. The third-order valence-corrected chi connectivity index (χ3v) is 4.16. The quantitative estimate of drug-likeness (QED) is 0.673. The van der Waals surface area contributed by atoms with Gasteiger partial charge in [-0.3, -0.25) is 9.98 Å². The Kier molecular flexibility index (Phi) is 5.20. The lowest BCUT2D eigenvalue weighted by Crippen LogP contribution is -2.52. The highest BCUT2D eigenvalue weighted by atomic mass is 15.4. The molecule has 0 atom stereocenters. The van der Waals surface area contributed by atoms with E-state index >= 15 is 0 Å². The summed E-state index contributed by atoms with van der Waals surface area (Å²) in [4.78, 5) is 21.9. The molecule has 0 bridgehead atoms. The van der Waals surface area contributed by atoms with Crippen molar-refractivity contribution in [1.82, 2.24) is 25.2 Å². The molecule has 2 aromatic heterocycles. The maximum Gasteiger partial charge on any atom is 0.225 e. The van der Waals surface area contributed by atoms with Crippen molar-refractivity contribution >= 4 is 11.9 Å². The molecule has 1 N–H and O–H groups in total. The Labute approximate surface area is 142 Å². The van der Waals surface area contributed by atoms with Gasteiger partial charge in [-0.15, -0.1) is 0 Å². The van der Waals surface area contributed by atoms with E-state index in [0.29, 0.717) is 6.54 Å². The number of pyridine rings is 1. The first-order chi connectivity index (χ1) is 11.8. The van der Waals surface area contributed by atoms with E-state index in [2.05, 4.69) is 48.1 Å². The fourth-order valence-electron chi connectivity index (χ4n) is 2.77. The first-order valence-electron chi connectivity index (χ1n) is 8.16. The summed E-state index contributed by atoms with van der Waals surface area (Å²) in [7, 11) is 1.82. The van der Waals surface area contributed by atoms with E-state index < -0.39 is 0 Å². The normalized spacial score (nSPS) is 15.5. The second kappa shape index (κ2) is 7.72. The van der Waals surface area contributed by atoms with Crippen molar-refractivity contribution in [2.75, 3.05) is 38.1 Å². The van der Waals surface area contributed by atoms with Crippen molar-refractivity contribution in [2.24, 2.45) is 4.99 Å². The Balaban J connectivity index is 1.55. The third-order valence-electron chi connectivity index (χ3n) is 4.16. The lowest BCUT2D eigenvalue weighted by atomic mass is 10.2. The summed E-state index contributed by atoms with van der Waals surface area (Å²) in [6.07, 6.45) is 5.39. The van der Waals surface area contributed by atoms with Gasteiger partial charge >= 0.3 is 0 Å². The molecule has 0 radical (unpaired) electrons. The third kappa shape index (κ3) is 3.79. The summed E-state index contributed by atoms with van der Waals surface area (Å²) < 4.78 is 0. The monoisotopic (exact) mass is 325 g/mol. The lowest BCUT2D eigenvalue weighted by molar-refractivity contribution is 0.370. The number of rotatable bonds is 3. The predicted octanol–water partition coefficient (Wildman–Crippen LogP) is 1.08. The molecule has 7 heteroatoms. The van der Waals surface area contributed by atoms with Crippen LogP contribution in [-0.2, 0) is 6.54 Å². The molecule has 126 valence electrons. The van der Waals surface area contributed by atoms with Crippen LogP contribution >= 0.6 is 0 Å². The molecule has 1 aliphatic heterocycles. The van der Waals surface area contributed by atoms with Gasteiger partial charge in [0.1, 0.15) is 0 Å². The zero-order valence-corrected chi connectivity index (χ0v) is 14.2. The van der Waals surface area contributed by atoms with Crippen molar-refractivity contribution in [3.8, 4) is 0 Å². The molecule has 0 spiro atoms. The molecular formula is C17H23N7. The van der Waals surface area contributed by atoms with E-state index in [1.807, 2.05) is 25.4 Å². The van der Waals surface area contributed by atoms with E-state index in [0.717, 1.165) is 43.8 Å². The highest BCUT2D eigenvalue weighted by molar-refractivity contribution is 5.80. The van der Waals surface area contributed by atoms with Crippen molar-refractivity contribution in [1.29, 1.82) is 0 Å².